The van der Waals surface area contributed by atoms with Crippen molar-refractivity contribution in [2.75, 3.05) is 0 Å². The van der Waals surface area contributed by atoms with Gasteiger partial charge in [0, 0.05) is 40.6 Å². The van der Waals surface area contributed by atoms with Gasteiger partial charge in [-0.05, 0) is 29.7 Å². The minimum atomic E-state index is -1.27. The number of nitrogens with one attached hydrogen (secondary N) is 4. The van der Waals surface area contributed by atoms with Crippen LogP contribution in [0.15, 0.2) is 60.9 Å². The van der Waals surface area contributed by atoms with Gasteiger partial charge in [-0.1, -0.05) is 36.4 Å². The second kappa shape index (κ2) is 10.9. The van der Waals surface area contributed by atoms with Gasteiger partial charge >= 0.3 is 0 Å². The molecular formula is C26H28N6O4. The Morgan fingerprint density at radius 2 is 1.39 bits per heavy atom. The lowest BCUT2D eigenvalue weighted by molar-refractivity contribution is -0.132. The van der Waals surface area contributed by atoms with Crippen LogP contribution in [0.25, 0.3) is 21.8 Å². The third-order valence-electron chi connectivity index (χ3n) is 6.10. The molecule has 2 aromatic heterocycles. The van der Waals surface area contributed by atoms with Crippen LogP contribution in [-0.2, 0) is 32.0 Å². The molecule has 0 unspecified atom stereocenters. The number of carbonyl (C=O) groups is 4. The van der Waals surface area contributed by atoms with Crippen LogP contribution in [0.2, 0.25) is 0 Å². The molecule has 0 radical (unpaired) electrons. The molecule has 10 nitrogen and oxygen atoms in total. The van der Waals surface area contributed by atoms with Crippen molar-refractivity contribution in [2.24, 2.45) is 11.5 Å². The van der Waals surface area contributed by atoms with E-state index in [0.29, 0.717) is 6.29 Å². The van der Waals surface area contributed by atoms with Crippen molar-refractivity contribution in [2.45, 2.75) is 37.4 Å². The highest BCUT2D eigenvalue weighted by Gasteiger charge is 2.27. The van der Waals surface area contributed by atoms with Crippen LogP contribution in [0.3, 0.4) is 0 Å². The second-order valence-electron chi connectivity index (χ2n) is 8.72. The Morgan fingerprint density at radius 3 is 1.94 bits per heavy atom. The first-order valence-electron chi connectivity index (χ1n) is 11.6. The minimum absolute atomic E-state index is 0.221. The molecule has 0 saturated heterocycles. The fourth-order valence-electron chi connectivity index (χ4n) is 4.27. The number of H-pyrrole nitrogens is 2. The Morgan fingerprint density at radius 1 is 0.833 bits per heavy atom. The van der Waals surface area contributed by atoms with Crippen molar-refractivity contribution in [3.05, 3.63) is 72.1 Å². The molecular weight excluding hydrogens is 460 g/mol. The number of aldehydes is 1. The lowest BCUT2D eigenvalue weighted by Gasteiger charge is -2.21. The van der Waals surface area contributed by atoms with Gasteiger partial charge in [-0.15, -0.1) is 0 Å². The molecule has 0 aliphatic heterocycles. The van der Waals surface area contributed by atoms with E-state index in [0.717, 1.165) is 32.9 Å². The zero-order valence-electron chi connectivity index (χ0n) is 19.5. The topological polar surface area (TPSA) is 176 Å². The van der Waals surface area contributed by atoms with Crippen molar-refractivity contribution >= 4 is 45.8 Å². The molecule has 2 heterocycles. The molecule has 0 aliphatic carbocycles. The van der Waals surface area contributed by atoms with Gasteiger partial charge in [0.1, 0.15) is 12.3 Å². The molecule has 3 atom stereocenters. The molecule has 0 bridgehead atoms. The molecule has 2 aromatic carbocycles. The van der Waals surface area contributed by atoms with Crippen LogP contribution >= 0.6 is 0 Å². The molecule has 3 amide bonds. The van der Waals surface area contributed by atoms with Crippen molar-refractivity contribution < 1.29 is 19.2 Å². The van der Waals surface area contributed by atoms with Crippen LogP contribution < -0.4 is 22.1 Å². The van der Waals surface area contributed by atoms with Gasteiger partial charge in [0.15, 0.2) is 0 Å². The van der Waals surface area contributed by atoms with E-state index in [9.17, 15) is 19.2 Å². The fraction of sp³-hybridized carbons (Fsp3) is 0.231. The van der Waals surface area contributed by atoms with E-state index >= 15 is 0 Å². The molecule has 0 fully saturated rings. The number of benzene rings is 2. The van der Waals surface area contributed by atoms with Gasteiger partial charge in [-0.2, -0.15) is 0 Å². The smallest absolute Gasteiger partial charge is 0.243 e. The van der Waals surface area contributed by atoms with Gasteiger partial charge in [0.05, 0.1) is 18.5 Å². The SMILES string of the molecule is NC(=O)C[C@H](NC(=O)[C@@H](N)Cc1c[nH]c2ccccc12)C(=O)N[C@H](C=O)Cc1c[nH]c2ccccc12. The molecule has 4 aromatic rings. The molecule has 36 heavy (non-hydrogen) atoms. The summed E-state index contributed by atoms with van der Waals surface area (Å²) in [5.74, 6) is -2.08. The van der Waals surface area contributed by atoms with E-state index in [4.69, 9.17) is 11.5 Å². The first-order valence-corrected chi connectivity index (χ1v) is 11.6. The Bertz CT molecular complexity index is 1410. The molecule has 186 valence electrons. The maximum absolute atomic E-state index is 12.9. The first-order chi connectivity index (χ1) is 17.4. The van der Waals surface area contributed by atoms with Crippen LogP contribution in [0, 0.1) is 0 Å². The average Bonchev–Trinajstić information content (AvgIpc) is 3.47. The highest BCUT2D eigenvalue weighted by molar-refractivity contribution is 5.94. The molecule has 0 saturated carbocycles. The number of amides is 3. The molecule has 8 N–H and O–H groups in total. The van der Waals surface area contributed by atoms with Gasteiger partial charge < -0.3 is 36.9 Å². The van der Waals surface area contributed by atoms with Crippen LogP contribution in [0.4, 0.5) is 0 Å². The molecule has 10 heteroatoms. The number of hydrogen-bond donors (Lipinski definition) is 6. The maximum atomic E-state index is 12.9. The van der Waals surface area contributed by atoms with Gasteiger partial charge in [-0.25, -0.2) is 0 Å². The van der Waals surface area contributed by atoms with E-state index in [2.05, 4.69) is 20.6 Å². The van der Waals surface area contributed by atoms with Gasteiger partial charge in [0.2, 0.25) is 17.7 Å². The van der Waals surface area contributed by atoms with Crippen LogP contribution in [-0.4, -0.2) is 52.1 Å². The number of fused-ring (bicyclic) bond motifs is 2. The van der Waals surface area contributed by atoms with Gasteiger partial charge in [-0.3, -0.25) is 14.4 Å². The zero-order valence-corrected chi connectivity index (χ0v) is 19.5. The lowest BCUT2D eigenvalue weighted by Crippen LogP contribution is -2.55. The Labute approximate surface area is 206 Å². The van der Waals surface area contributed by atoms with Crippen molar-refractivity contribution in [1.82, 2.24) is 20.6 Å². The van der Waals surface area contributed by atoms with Crippen molar-refractivity contribution in [1.29, 1.82) is 0 Å². The largest absolute Gasteiger partial charge is 0.370 e. The highest BCUT2D eigenvalue weighted by Crippen LogP contribution is 2.20. The molecule has 0 spiro atoms. The van der Waals surface area contributed by atoms with Crippen LogP contribution in [0.5, 0.6) is 0 Å². The zero-order chi connectivity index (χ0) is 25.7. The number of primary amides is 1. The minimum Gasteiger partial charge on any atom is -0.370 e. The number of hydrogen-bond acceptors (Lipinski definition) is 5. The summed E-state index contributed by atoms with van der Waals surface area (Å²) in [5.41, 5.74) is 15.0. The summed E-state index contributed by atoms with van der Waals surface area (Å²) in [4.78, 5) is 55.3. The normalized spacial score (nSPS) is 13.7. The van der Waals surface area contributed by atoms with Crippen molar-refractivity contribution in [3.63, 3.8) is 0 Å². The third kappa shape index (κ3) is 5.61. The summed E-state index contributed by atoms with van der Waals surface area (Å²) in [5, 5.41) is 6.99. The Kier molecular flexibility index (Phi) is 7.45. The van der Waals surface area contributed by atoms with Crippen LogP contribution in [0.1, 0.15) is 17.5 Å². The quantitative estimate of drug-likeness (QED) is 0.171. The van der Waals surface area contributed by atoms with E-state index in [-0.39, 0.29) is 12.8 Å². The number of para-hydroxylation sites is 2. The first kappa shape index (κ1) is 24.7. The van der Waals surface area contributed by atoms with Crippen molar-refractivity contribution in [3.8, 4) is 0 Å². The monoisotopic (exact) mass is 488 g/mol. The number of carbonyl (C=O) groups excluding carboxylic acids is 4. The number of nitrogens with two attached hydrogens (primary N) is 2. The van der Waals surface area contributed by atoms with E-state index in [1.807, 2.05) is 48.5 Å². The summed E-state index contributed by atoms with van der Waals surface area (Å²) in [6, 6.07) is 12.1. The summed E-state index contributed by atoms with van der Waals surface area (Å²) < 4.78 is 0. The lowest BCUT2D eigenvalue weighted by atomic mass is 10.0. The third-order valence-corrected chi connectivity index (χ3v) is 6.10. The predicted molar refractivity (Wildman–Crippen MR) is 136 cm³/mol. The number of aromatic nitrogens is 2. The summed E-state index contributed by atoms with van der Waals surface area (Å²) in [6.07, 6.45) is 4.20. The Balaban J connectivity index is 1.41. The second-order valence-corrected chi connectivity index (χ2v) is 8.72. The molecule has 0 aliphatic rings. The average molecular weight is 489 g/mol. The van der Waals surface area contributed by atoms with E-state index < -0.39 is 42.3 Å². The standard InChI is InChI=1S/C26H28N6O4/c27-20(10-16-13-30-22-8-4-2-6-19(16)22)25(35)32-23(11-24(28)34)26(36)31-17(14-33)9-15-12-29-21-7-3-1-5-18(15)21/h1-8,12-14,17,20,23,29-30H,9-11,27H2,(H2,28,34)(H,31,36)(H,32,35)/t17-,20-,23-/m0/s1. The number of rotatable bonds is 11. The summed E-state index contributed by atoms with van der Waals surface area (Å²) in [7, 11) is 0. The van der Waals surface area contributed by atoms with Gasteiger partial charge in [0.25, 0.3) is 0 Å². The summed E-state index contributed by atoms with van der Waals surface area (Å²) in [6.45, 7) is 0. The molecule has 4 rings (SSSR count). The summed E-state index contributed by atoms with van der Waals surface area (Å²) >= 11 is 0. The van der Waals surface area contributed by atoms with E-state index in [1.54, 1.807) is 12.4 Å². The fourth-order valence-corrected chi connectivity index (χ4v) is 4.27. The number of aromatic amines is 2. The highest BCUT2D eigenvalue weighted by atomic mass is 16.2. The Hall–Kier alpha value is -4.44. The predicted octanol–water partition coefficient (Wildman–Crippen LogP) is 0.806. The maximum Gasteiger partial charge on any atom is 0.243 e. The van der Waals surface area contributed by atoms with E-state index in [1.165, 1.54) is 0 Å².